The molecule has 1 fully saturated rings. The Balaban J connectivity index is 1.68. The molecule has 2 heterocycles. The van der Waals surface area contributed by atoms with Crippen LogP contribution in [-0.2, 0) is 19.9 Å². The average molecular weight is 338 g/mol. The van der Waals surface area contributed by atoms with Gasteiger partial charge in [-0.2, -0.15) is 0 Å². The van der Waals surface area contributed by atoms with Gasteiger partial charge in [-0.05, 0) is 31.5 Å². The molecule has 0 spiro atoms. The highest BCUT2D eigenvalue weighted by Gasteiger charge is 2.38. The van der Waals surface area contributed by atoms with Gasteiger partial charge in [-0.1, -0.05) is 36.4 Å². The fourth-order valence-electron chi connectivity index (χ4n) is 3.21. The molecule has 1 unspecified atom stereocenters. The third-order valence-corrected chi connectivity index (χ3v) is 4.49. The standard InChI is InChI=1S/C20H22N2O3/c1-20(2,17-10-6-7-11-21-17)22-18(23)13-16-15(12-19(24)25-16)14-8-4-3-5-9-14/h3-11,15-16H,12-13H2,1-2H3,(H,22,23)/t15?,16-/m0/s1. The molecule has 5 heteroatoms. The van der Waals surface area contributed by atoms with Crippen LogP contribution in [0.2, 0.25) is 0 Å². The number of nitrogens with zero attached hydrogens (tertiary/aromatic N) is 1. The van der Waals surface area contributed by atoms with E-state index in [9.17, 15) is 9.59 Å². The first kappa shape index (κ1) is 17.1. The number of hydrogen-bond acceptors (Lipinski definition) is 4. The summed E-state index contributed by atoms with van der Waals surface area (Å²) in [5.74, 6) is -0.496. The van der Waals surface area contributed by atoms with Gasteiger partial charge in [-0.15, -0.1) is 0 Å². The van der Waals surface area contributed by atoms with Crippen molar-refractivity contribution in [2.24, 2.45) is 0 Å². The Bertz CT molecular complexity index is 744. The fraction of sp³-hybridized carbons (Fsp3) is 0.350. The highest BCUT2D eigenvalue weighted by molar-refractivity contribution is 5.80. The van der Waals surface area contributed by atoms with Crippen molar-refractivity contribution in [3.05, 3.63) is 66.0 Å². The lowest BCUT2D eigenvalue weighted by molar-refractivity contribution is -0.142. The largest absolute Gasteiger partial charge is 0.461 e. The van der Waals surface area contributed by atoms with Crippen molar-refractivity contribution in [2.75, 3.05) is 0 Å². The van der Waals surface area contributed by atoms with Gasteiger partial charge >= 0.3 is 5.97 Å². The van der Waals surface area contributed by atoms with E-state index >= 15 is 0 Å². The lowest BCUT2D eigenvalue weighted by atomic mass is 9.90. The maximum absolute atomic E-state index is 12.5. The molecule has 25 heavy (non-hydrogen) atoms. The molecule has 1 saturated heterocycles. The van der Waals surface area contributed by atoms with E-state index in [4.69, 9.17) is 4.74 Å². The maximum Gasteiger partial charge on any atom is 0.306 e. The van der Waals surface area contributed by atoms with E-state index in [1.807, 2.05) is 62.4 Å². The van der Waals surface area contributed by atoms with Gasteiger partial charge in [0.05, 0.1) is 24.1 Å². The number of aromatic nitrogens is 1. The summed E-state index contributed by atoms with van der Waals surface area (Å²) in [6, 6.07) is 15.3. The predicted molar refractivity (Wildman–Crippen MR) is 93.7 cm³/mol. The number of ether oxygens (including phenoxy) is 1. The van der Waals surface area contributed by atoms with E-state index < -0.39 is 11.6 Å². The van der Waals surface area contributed by atoms with Crippen LogP contribution < -0.4 is 5.32 Å². The van der Waals surface area contributed by atoms with E-state index in [0.29, 0.717) is 6.42 Å². The van der Waals surface area contributed by atoms with E-state index in [1.165, 1.54) is 0 Å². The van der Waals surface area contributed by atoms with Crippen molar-refractivity contribution in [1.82, 2.24) is 10.3 Å². The molecular formula is C20H22N2O3. The summed E-state index contributed by atoms with van der Waals surface area (Å²) in [5.41, 5.74) is 1.21. The number of pyridine rings is 1. The van der Waals surface area contributed by atoms with Gasteiger partial charge in [0.15, 0.2) is 0 Å². The maximum atomic E-state index is 12.5. The molecule has 0 bridgehead atoms. The summed E-state index contributed by atoms with van der Waals surface area (Å²) >= 11 is 0. The van der Waals surface area contributed by atoms with Crippen LogP contribution in [0.4, 0.5) is 0 Å². The highest BCUT2D eigenvalue weighted by Crippen LogP contribution is 2.34. The van der Waals surface area contributed by atoms with Crippen molar-refractivity contribution < 1.29 is 14.3 Å². The monoisotopic (exact) mass is 338 g/mol. The Morgan fingerprint density at radius 3 is 2.60 bits per heavy atom. The Hall–Kier alpha value is -2.69. The Kier molecular flexibility index (Phi) is 4.83. The van der Waals surface area contributed by atoms with E-state index in [0.717, 1.165) is 11.3 Å². The summed E-state index contributed by atoms with van der Waals surface area (Å²) < 4.78 is 5.40. The Morgan fingerprint density at radius 1 is 1.20 bits per heavy atom. The average Bonchev–Trinajstić information content (AvgIpc) is 2.96. The smallest absolute Gasteiger partial charge is 0.306 e. The summed E-state index contributed by atoms with van der Waals surface area (Å²) in [5, 5.41) is 2.99. The van der Waals surface area contributed by atoms with Crippen LogP contribution in [0.3, 0.4) is 0 Å². The Morgan fingerprint density at radius 2 is 1.92 bits per heavy atom. The van der Waals surface area contributed by atoms with E-state index in [-0.39, 0.29) is 24.2 Å². The molecule has 1 aromatic carbocycles. The molecule has 1 aromatic heterocycles. The number of benzene rings is 1. The van der Waals surface area contributed by atoms with Crippen molar-refractivity contribution in [3.8, 4) is 0 Å². The quantitative estimate of drug-likeness (QED) is 0.851. The first-order valence-electron chi connectivity index (χ1n) is 8.42. The first-order valence-corrected chi connectivity index (χ1v) is 8.42. The second-order valence-electron chi connectivity index (χ2n) is 6.84. The van der Waals surface area contributed by atoms with Crippen molar-refractivity contribution in [1.29, 1.82) is 0 Å². The minimum atomic E-state index is -0.594. The van der Waals surface area contributed by atoms with E-state index in [1.54, 1.807) is 6.20 Å². The summed E-state index contributed by atoms with van der Waals surface area (Å²) in [6.07, 6.45) is 1.72. The summed E-state index contributed by atoms with van der Waals surface area (Å²) in [4.78, 5) is 28.6. The zero-order valence-electron chi connectivity index (χ0n) is 14.4. The molecule has 1 N–H and O–H groups in total. The van der Waals surface area contributed by atoms with Gasteiger partial charge < -0.3 is 10.1 Å². The number of nitrogens with one attached hydrogen (secondary N) is 1. The zero-order chi connectivity index (χ0) is 17.9. The topological polar surface area (TPSA) is 68.3 Å². The van der Waals surface area contributed by atoms with Gasteiger partial charge in [0, 0.05) is 12.1 Å². The number of hydrogen-bond donors (Lipinski definition) is 1. The van der Waals surface area contributed by atoms with Gasteiger partial charge in [0.2, 0.25) is 5.91 Å². The molecule has 130 valence electrons. The molecule has 3 rings (SSSR count). The first-order chi connectivity index (χ1) is 12.0. The van der Waals surface area contributed by atoms with Crippen molar-refractivity contribution in [2.45, 2.75) is 44.2 Å². The number of cyclic esters (lactones) is 1. The summed E-state index contributed by atoms with van der Waals surface area (Å²) in [6.45, 7) is 3.81. The molecular weight excluding hydrogens is 316 g/mol. The number of rotatable bonds is 5. The Labute approximate surface area is 147 Å². The lowest BCUT2D eigenvalue weighted by Crippen LogP contribution is -2.43. The van der Waals surface area contributed by atoms with Crippen LogP contribution in [-0.4, -0.2) is 23.0 Å². The third-order valence-electron chi connectivity index (χ3n) is 4.49. The van der Waals surface area contributed by atoms with Crippen LogP contribution in [0.25, 0.3) is 0 Å². The molecule has 1 aliphatic heterocycles. The van der Waals surface area contributed by atoms with Gasteiger partial charge in [0.25, 0.3) is 0 Å². The van der Waals surface area contributed by atoms with Gasteiger partial charge in [-0.3, -0.25) is 14.6 Å². The minimum Gasteiger partial charge on any atom is -0.461 e. The molecule has 0 radical (unpaired) electrons. The zero-order valence-corrected chi connectivity index (χ0v) is 14.4. The van der Waals surface area contributed by atoms with Crippen LogP contribution in [0, 0.1) is 0 Å². The molecule has 0 saturated carbocycles. The molecule has 0 aliphatic carbocycles. The van der Waals surface area contributed by atoms with Gasteiger partial charge in [0.1, 0.15) is 6.10 Å². The number of carbonyl (C=O) groups excluding carboxylic acids is 2. The van der Waals surface area contributed by atoms with Crippen molar-refractivity contribution in [3.63, 3.8) is 0 Å². The predicted octanol–water partition coefficient (Wildman–Crippen LogP) is 2.92. The van der Waals surface area contributed by atoms with Crippen LogP contribution >= 0.6 is 0 Å². The molecule has 1 aliphatic rings. The third kappa shape index (κ3) is 4.05. The highest BCUT2D eigenvalue weighted by atomic mass is 16.5. The molecule has 1 amide bonds. The van der Waals surface area contributed by atoms with Crippen LogP contribution in [0.15, 0.2) is 54.7 Å². The summed E-state index contributed by atoms with van der Waals surface area (Å²) in [7, 11) is 0. The fourth-order valence-corrected chi connectivity index (χ4v) is 3.21. The van der Waals surface area contributed by atoms with E-state index in [2.05, 4.69) is 10.3 Å². The normalized spacial score (nSPS) is 20.2. The number of carbonyl (C=O) groups is 2. The van der Waals surface area contributed by atoms with Crippen LogP contribution in [0.1, 0.15) is 43.9 Å². The number of esters is 1. The van der Waals surface area contributed by atoms with Crippen LogP contribution in [0.5, 0.6) is 0 Å². The molecule has 2 atom stereocenters. The van der Waals surface area contributed by atoms with Gasteiger partial charge in [-0.25, -0.2) is 0 Å². The second kappa shape index (κ2) is 7.05. The lowest BCUT2D eigenvalue weighted by Gasteiger charge is -2.27. The number of amides is 1. The second-order valence-corrected chi connectivity index (χ2v) is 6.84. The molecule has 5 nitrogen and oxygen atoms in total. The molecule has 2 aromatic rings. The van der Waals surface area contributed by atoms with Crippen molar-refractivity contribution >= 4 is 11.9 Å². The SMILES string of the molecule is CC(C)(NC(=O)C[C@@H]1OC(=O)CC1c1ccccc1)c1ccccn1. The minimum absolute atomic E-state index is 0.0857.